The molecule has 0 amide bonds. The van der Waals surface area contributed by atoms with Crippen molar-refractivity contribution in [3.05, 3.63) is 53.7 Å². The zero-order valence-corrected chi connectivity index (χ0v) is 22.0. The standard InChI is InChI=1S/C28H35FN8/c1-17-13-22(32-16-31-17)36-14-18-5-6-19(15-36)24(18)33-27-34-25(30-4)23-26(35-27)37(12-11-28(23,2)3)21-9-7-20(29)8-10-21/h7-10,13,16,18-19,24H,5-6,11-12,14-15H2,1-4H3,(H2,30,33,34,35)/t18-,19+,24-. The third-order valence-electron chi connectivity index (χ3n) is 8.40. The number of rotatable bonds is 5. The Balaban J connectivity index is 1.31. The highest BCUT2D eigenvalue weighted by Crippen LogP contribution is 2.46. The van der Waals surface area contributed by atoms with Crippen molar-refractivity contribution >= 4 is 29.1 Å². The molecule has 194 valence electrons. The quantitative estimate of drug-likeness (QED) is 0.510. The van der Waals surface area contributed by atoms with E-state index in [1.165, 1.54) is 25.0 Å². The Hall–Kier alpha value is -3.49. The number of hydrogen-bond acceptors (Lipinski definition) is 8. The summed E-state index contributed by atoms with van der Waals surface area (Å²) in [5, 5.41) is 7.09. The van der Waals surface area contributed by atoms with Crippen LogP contribution in [0, 0.1) is 24.6 Å². The first kappa shape index (κ1) is 23.9. The molecule has 2 N–H and O–H groups in total. The number of halogens is 1. The van der Waals surface area contributed by atoms with Crippen molar-refractivity contribution in [2.45, 2.75) is 51.5 Å². The zero-order chi connectivity index (χ0) is 25.7. The van der Waals surface area contributed by atoms with Crippen molar-refractivity contribution in [2.75, 3.05) is 47.1 Å². The number of fused-ring (bicyclic) bond motifs is 3. The number of aromatic nitrogens is 4. The molecular weight excluding hydrogens is 467 g/mol. The molecule has 4 heterocycles. The molecule has 2 bridgehead atoms. The molecule has 0 radical (unpaired) electrons. The van der Waals surface area contributed by atoms with Crippen LogP contribution in [0.2, 0.25) is 0 Å². The first-order chi connectivity index (χ1) is 17.8. The van der Waals surface area contributed by atoms with E-state index >= 15 is 0 Å². The lowest BCUT2D eigenvalue weighted by Crippen LogP contribution is -2.48. The van der Waals surface area contributed by atoms with Crippen LogP contribution >= 0.6 is 0 Å². The number of aryl methyl sites for hydroxylation is 1. The molecule has 8 nitrogen and oxygen atoms in total. The lowest BCUT2D eigenvalue weighted by atomic mass is 9.79. The van der Waals surface area contributed by atoms with Crippen molar-refractivity contribution in [3.63, 3.8) is 0 Å². The molecular formula is C28H35FN8. The Bertz CT molecular complexity index is 1280. The summed E-state index contributed by atoms with van der Waals surface area (Å²) in [7, 11) is 1.92. The second kappa shape index (κ2) is 9.11. The molecule has 0 spiro atoms. The second-order valence-electron chi connectivity index (χ2n) is 11.3. The average molecular weight is 503 g/mol. The van der Waals surface area contributed by atoms with Crippen LogP contribution in [0.15, 0.2) is 36.7 Å². The molecule has 0 unspecified atom stereocenters. The molecule has 3 aliphatic rings. The van der Waals surface area contributed by atoms with Gasteiger partial charge in [0, 0.05) is 55.7 Å². The second-order valence-corrected chi connectivity index (χ2v) is 11.3. The van der Waals surface area contributed by atoms with Gasteiger partial charge in [-0.2, -0.15) is 9.97 Å². The van der Waals surface area contributed by atoms with E-state index in [0.717, 1.165) is 60.5 Å². The maximum Gasteiger partial charge on any atom is 0.226 e. The minimum atomic E-state index is -0.235. The Labute approximate surface area is 217 Å². The summed E-state index contributed by atoms with van der Waals surface area (Å²) < 4.78 is 13.7. The van der Waals surface area contributed by atoms with Gasteiger partial charge in [0.15, 0.2) is 0 Å². The van der Waals surface area contributed by atoms with Crippen LogP contribution in [0.25, 0.3) is 0 Å². The third kappa shape index (κ3) is 4.34. The SMILES string of the molecule is CNc1nc(N[C@@H]2[C@@H]3CC[C@H]2CN(c2cc(C)ncn2)C3)nc2c1C(C)(C)CCN2c1ccc(F)cc1. The zero-order valence-electron chi connectivity index (χ0n) is 22.0. The van der Waals surface area contributed by atoms with Gasteiger partial charge < -0.3 is 20.4 Å². The van der Waals surface area contributed by atoms with Gasteiger partial charge >= 0.3 is 0 Å². The first-order valence-corrected chi connectivity index (χ1v) is 13.3. The molecule has 2 fully saturated rings. The van der Waals surface area contributed by atoms with Gasteiger partial charge in [-0.05, 0) is 67.7 Å². The summed E-state index contributed by atoms with van der Waals surface area (Å²) in [5.74, 6) is 4.18. The predicted octanol–water partition coefficient (Wildman–Crippen LogP) is 4.90. The molecule has 1 aliphatic carbocycles. The fraction of sp³-hybridized carbons (Fsp3) is 0.500. The van der Waals surface area contributed by atoms with Gasteiger partial charge in [0.2, 0.25) is 5.95 Å². The van der Waals surface area contributed by atoms with Crippen LogP contribution in [-0.2, 0) is 5.41 Å². The molecule has 1 aromatic carbocycles. The number of hydrogen-bond donors (Lipinski definition) is 2. The van der Waals surface area contributed by atoms with E-state index < -0.39 is 0 Å². The minimum Gasteiger partial charge on any atom is -0.373 e. The van der Waals surface area contributed by atoms with Gasteiger partial charge in [-0.25, -0.2) is 14.4 Å². The summed E-state index contributed by atoms with van der Waals surface area (Å²) in [6.07, 6.45) is 4.97. The molecule has 2 aromatic heterocycles. The monoisotopic (exact) mass is 502 g/mol. The van der Waals surface area contributed by atoms with E-state index in [0.29, 0.717) is 23.8 Å². The number of piperidine rings is 1. The van der Waals surface area contributed by atoms with Gasteiger partial charge in [0.05, 0.1) is 0 Å². The topological polar surface area (TPSA) is 82.1 Å². The van der Waals surface area contributed by atoms with Gasteiger partial charge in [-0.15, -0.1) is 0 Å². The van der Waals surface area contributed by atoms with Crippen molar-refractivity contribution < 1.29 is 4.39 Å². The molecule has 6 rings (SSSR count). The van der Waals surface area contributed by atoms with Crippen LogP contribution in [0.5, 0.6) is 0 Å². The maximum absolute atomic E-state index is 13.7. The maximum atomic E-state index is 13.7. The lowest BCUT2D eigenvalue weighted by molar-refractivity contribution is 0.374. The largest absolute Gasteiger partial charge is 0.373 e. The first-order valence-electron chi connectivity index (χ1n) is 13.3. The van der Waals surface area contributed by atoms with Gasteiger partial charge in [-0.1, -0.05) is 13.8 Å². The molecule has 1 saturated heterocycles. The molecule has 3 aromatic rings. The highest BCUT2D eigenvalue weighted by Gasteiger charge is 2.43. The van der Waals surface area contributed by atoms with Crippen molar-refractivity contribution in [1.29, 1.82) is 0 Å². The summed E-state index contributed by atoms with van der Waals surface area (Å²) in [6.45, 7) is 9.24. The fourth-order valence-electron chi connectivity index (χ4n) is 6.42. The van der Waals surface area contributed by atoms with Crippen molar-refractivity contribution in [2.24, 2.45) is 11.8 Å². The van der Waals surface area contributed by atoms with E-state index in [4.69, 9.17) is 9.97 Å². The van der Waals surface area contributed by atoms with Crippen LogP contribution in [0.4, 0.5) is 33.5 Å². The van der Waals surface area contributed by atoms with Gasteiger partial charge in [-0.3, -0.25) is 0 Å². The number of nitrogens with one attached hydrogen (secondary N) is 2. The third-order valence-corrected chi connectivity index (χ3v) is 8.40. The Morgan fingerprint density at radius 2 is 1.76 bits per heavy atom. The summed E-state index contributed by atoms with van der Waals surface area (Å²) in [4.78, 5) is 23.5. The van der Waals surface area contributed by atoms with Crippen LogP contribution in [-0.4, -0.2) is 52.7 Å². The summed E-state index contributed by atoms with van der Waals surface area (Å²) in [6, 6.07) is 9.08. The molecule has 9 heteroatoms. The van der Waals surface area contributed by atoms with Crippen LogP contribution in [0.1, 0.15) is 44.4 Å². The van der Waals surface area contributed by atoms with E-state index in [9.17, 15) is 4.39 Å². The number of benzene rings is 1. The molecule has 1 saturated carbocycles. The number of anilines is 5. The normalized spacial score (nSPS) is 24.1. The van der Waals surface area contributed by atoms with Crippen molar-refractivity contribution in [1.82, 2.24) is 19.9 Å². The average Bonchev–Trinajstić information content (AvgIpc) is 3.10. The Kier molecular flexibility index (Phi) is 5.88. The highest BCUT2D eigenvalue weighted by atomic mass is 19.1. The van der Waals surface area contributed by atoms with Gasteiger partial charge in [0.1, 0.15) is 29.6 Å². The predicted molar refractivity (Wildman–Crippen MR) is 145 cm³/mol. The summed E-state index contributed by atoms with van der Waals surface area (Å²) in [5.41, 5.74) is 2.96. The molecule has 3 atom stereocenters. The summed E-state index contributed by atoms with van der Waals surface area (Å²) >= 11 is 0. The Morgan fingerprint density at radius 1 is 1.03 bits per heavy atom. The fourth-order valence-corrected chi connectivity index (χ4v) is 6.42. The van der Waals surface area contributed by atoms with Gasteiger partial charge in [0.25, 0.3) is 0 Å². The molecule has 2 aliphatic heterocycles. The lowest BCUT2D eigenvalue weighted by Gasteiger charge is -2.41. The highest BCUT2D eigenvalue weighted by molar-refractivity contribution is 5.73. The molecule has 37 heavy (non-hydrogen) atoms. The van der Waals surface area contributed by atoms with E-state index in [1.807, 2.05) is 26.1 Å². The van der Waals surface area contributed by atoms with E-state index in [1.54, 1.807) is 6.33 Å². The Morgan fingerprint density at radius 3 is 2.43 bits per heavy atom. The van der Waals surface area contributed by atoms with Crippen LogP contribution in [0.3, 0.4) is 0 Å². The van der Waals surface area contributed by atoms with E-state index in [-0.39, 0.29) is 11.2 Å². The van der Waals surface area contributed by atoms with Crippen molar-refractivity contribution in [3.8, 4) is 0 Å². The smallest absolute Gasteiger partial charge is 0.226 e. The van der Waals surface area contributed by atoms with Crippen LogP contribution < -0.4 is 20.4 Å². The van der Waals surface area contributed by atoms with E-state index in [2.05, 4.69) is 50.3 Å². The minimum absolute atomic E-state index is 0.0806. The number of nitrogens with zero attached hydrogens (tertiary/aromatic N) is 6.